The first-order valence-corrected chi connectivity index (χ1v) is 7.01. The fourth-order valence-corrected chi connectivity index (χ4v) is 2.32. The van der Waals surface area contributed by atoms with Crippen LogP contribution in [0.15, 0.2) is 52.8 Å². The molecule has 0 unspecified atom stereocenters. The SMILES string of the molecule is O=[N+]([O-])c1ccc(N=Nc2c(Cl)c(O)c3ccccc3c2O)nc1. The third-order valence-corrected chi connectivity index (χ3v) is 3.63. The summed E-state index contributed by atoms with van der Waals surface area (Å²) in [6.45, 7) is 0. The predicted octanol–water partition coefficient (Wildman–Crippen LogP) is 4.62. The zero-order chi connectivity index (χ0) is 17.3. The maximum Gasteiger partial charge on any atom is 0.287 e. The van der Waals surface area contributed by atoms with Crippen molar-refractivity contribution in [2.45, 2.75) is 0 Å². The number of hydrogen-bond acceptors (Lipinski definition) is 7. The Balaban J connectivity index is 2.05. The number of hydrogen-bond donors (Lipinski definition) is 2. The zero-order valence-electron chi connectivity index (χ0n) is 11.9. The average Bonchev–Trinajstić information content (AvgIpc) is 2.60. The van der Waals surface area contributed by atoms with Crippen LogP contribution < -0.4 is 0 Å². The highest BCUT2D eigenvalue weighted by molar-refractivity contribution is 6.36. The van der Waals surface area contributed by atoms with Crippen molar-refractivity contribution >= 4 is 39.6 Å². The van der Waals surface area contributed by atoms with Gasteiger partial charge in [-0.05, 0) is 6.07 Å². The number of phenols is 2. The Morgan fingerprint density at radius 1 is 1.04 bits per heavy atom. The van der Waals surface area contributed by atoms with E-state index in [9.17, 15) is 20.3 Å². The minimum atomic E-state index is -0.585. The number of aromatic nitrogens is 1. The highest BCUT2D eigenvalue weighted by Gasteiger charge is 2.17. The van der Waals surface area contributed by atoms with Crippen LogP contribution in [0, 0.1) is 10.1 Å². The van der Waals surface area contributed by atoms with Gasteiger partial charge < -0.3 is 10.2 Å². The van der Waals surface area contributed by atoms with E-state index in [2.05, 4.69) is 15.2 Å². The van der Waals surface area contributed by atoms with Gasteiger partial charge in [-0.2, -0.15) is 0 Å². The van der Waals surface area contributed by atoms with E-state index in [-0.39, 0.29) is 33.7 Å². The third-order valence-electron chi connectivity index (χ3n) is 3.27. The summed E-state index contributed by atoms with van der Waals surface area (Å²) in [5.41, 5.74) is -0.300. The summed E-state index contributed by atoms with van der Waals surface area (Å²) in [4.78, 5) is 13.8. The second kappa shape index (κ2) is 6.09. The number of fused-ring (bicyclic) bond motifs is 1. The molecule has 1 heterocycles. The highest BCUT2D eigenvalue weighted by atomic mass is 35.5. The molecular formula is C15H9ClN4O4. The van der Waals surface area contributed by atoms with Gasteiger partial charge in [0.15, 0.2) is 17.3 Å². The molecule has 8 nitrogen and oxygen atoms in total. The number of rotatable bonds is 3. The van der Waals surface area contributed by atoms with Crippen LogP contribution in [0.1, 0.15) is 0 Å². The van der Waals surface area contributed by atoms with Crippen molar-refractivity contribution in [1.29, 1.82) is 0 Å². The van der Waals surface area contributed by atoms with Gasteiger partial charge in [0.2, 0.25) is 0 Å². The number of halogens is 1. The molecule has 120 valence electrons. The van der Waals surface area contributed by atoms with Crippen molar-refractivity contribution in [1.82, 2.24) is 4.98 Å². The molecule has 0 bridgehead atoms. The van der Waals surface area contributed by atoms with Gasteiger partial charge in [0.25, 0.3) is 5.69 Å². The molecule has 0 atom stereocenters. The molecule has 0 fully saturated rings. The molecule has 2 aromatic carbocycles. The lowest BCUT2D eigenvalue weighted by atomic mass is 10.1. The van der Waals surface area contributed by atoms with Crippen molar-refractivity contribution in [3.63, 3.8) is 0 Å². The van der Waals surface area contributed by atoms with E-state index in [1.807, 2.05) is 0 Å². The molecule has 0 aliphatic rings. The van der Waals surface area contributed by atoms with Gasteiger partial charge in [0, 0.05) is 16.8 Å². The number of benzene rings is 2. The van der Waals surface area contributed by atoms with Crippen LogP contribution in [0.4, 0.5) is 17.2 Å². The molecule has 0 radical (unpaired) electrons. The number of aromatic hydroxyl groups is 2. The largest absolute Gasteiger partial charge is 0.506 e. The van der Waals surface area contributed by atoms with Gasteiger partial charge >= 0.3 is 0 Å². The number of nitro groups is 1. The minimum Gasteiger partial charge on any atom is -0.506 e. The molecule has 9 heteroatoms. The Labute approximate surface area is 139 Å². The number of pyridine rings is 1. The molecular weight excluding hydrogens is 336 g/mol. The second-order valence-electron chi connectivity index (χ2n) is 4.74. The number of nitrogens with zero attached hydrogens (tertiary/aromatic N) is 4. The van der Waals surface area contributed by atoms with Crippen molar-refractivity contribution < 1.29 is 15.1 Å². The Hall–Kier alpha value is -3.26. The first-order valence-electron chi connectivity index (χ1n) is 6.63. The van der Waals surface area contributed by atoms with Crippen LogP contribution in [0.25, 0.3) is 10.8 Å². The van der Waals surface area contributed by atoms with Crippen molar-refractivity contribution in [2.24, 2.45) is 10.2 Å². The van der Waals surface area contributed by atoms with Crippen LogP contribution in [0.3, 0.4) is 0 Å². The van der Waals surface area contributed by atoms with E-state index in [1.165, 1.54) is 12.1 Å². The molecule has 0 spiro atoms. The molecule has 0 aliphatic heterocycles. The maximum absolute atomic E-state index is 10.6. The van der Waals surface area contributed by atoms with Gasteiger partial charge in [-0.25, -0.2) is 4.98 Å². The van der Waals surface area contributed by atoms with Gasteiger partial charge in [0.1, 0.15) is 17.0 Å². The summed E-state index contributed by atoms with van der Waals surface area (Å²) >= 11 is 6.04. The minimum absolute atomic E-state index is 0.0868. The Kier molecular flexibility index (Phi) is 3.97. The lowest BCUT2D eigenvalue weighted by Gasteiger charge is -2.08. The normalized spacial score (nSPS) is 11.2. The monoisotopic (exact) mass is 344 g/mol. The molecule has 3 rings (SSSR count). The molecule has 0 aliphatic carbocycles. The standard InChI is InChI=1S/C15H9ClN4O4/c16-12-13(15(22)10-4-2-1-3-9(10)14(12)21)19-18-11-6-5-8(7-17-11)20(23)24/h1-7,21-22H. The number of phenolic OH excluding ortho intramolecular Hbond substituents is 2. The molecule has 3 aromatic rings. The second-order valence-corrected chi connectivity index (χ2v) is 5.12. The van der Waals surface area contributed by atoms with Crippen LogP contribution in [0.2, 0.25) is 5.02 Å². The van der Waals surface area contributed by atoms with E-state index in [0.717, 1.165) is 6.20 Å². The van der Waals surface area contributed by atoms with Crippen molar-refractivity contribution in [3.05, 3.63) is 57.7 Å². The van der Waals surface area contributed by atoms with Crippen molar-refractivity contribution in [3.8, 4) is 11.5 Å². The van der Waals surface area contributed by atoms with E-state index in [1.54, 1.807) is 24.3 Å². The van der Waals surface area contributed by atoms with Crippen LogP contribution >= 0.6 is 11.6 Å². The average molecular weight is 345 g/mol. The van der Waals surface area contributed by atoms with Gasteiger partial charge in [-0.15, -0.1) is 10.2 Å². The van der Waals surface area contributed by atoms with E-state index < -0.39 is 4.92 Å². The summed E-state index contributed by atoms with van der Waals surface area (Å²) < 4.78 is 0. The Bertz CT molecular complexity index is 973. The van der Waals surface area contributed by atoms with E-state index in [0.29, 0.717) is 10.8 Å². The summed E-state index contributed by atoms with van der Waals surface area (Å²) in [5, 5.41) is 39.2. The lowest BCUT2D eigenvalue weighted by molar-refractivity contribution is -0.385. The topological polar surface area (TPSA) is 121 Å². The summed E-state index contributed by atoms with van der Waals surface area (Å²) in [7, 11) is 0. The first-order chi connectivity index (χ1) is 11.5. The fourth-order valence-electron chi connectivity index (χ4n) is 2.10. The van der Waals surface area contributed by atoms with Crippen LogP contribution in [0.5, 0.6) is 11.5 Å². The number of azo groups is 1. The van der Waals surface area contributed by atoms with E-state index >= 15 is 0 Å². The van der Waals surface area contributed by atoms with Gasteiger partial charge in [-0.1, -0.05) is 35.9 Å². The Morgan fingerprint density at radius 2 is 1.71 bits per heavy atom. The van der Waals surface area contributed by atoms with Gasteiger partial charge in [0.05, 0.1) is 4.92 Å². The summed E-state index contributed by atoms with van der Waals surface area (Å²) in [6, 6.07) is 9.11. The smallest absolute Gasteiger partial charge is 0.287 e. The highest BCUT2D eigenvalue weighted by Crippen LogP contribution is 2.47. The molecule has 1 aromatic heterocycles. The lowest BCUT2D eigenvalue weighted by Crippen LogP contribution is -1.87. The summed E-state index contributed by atoms with van der Waals surface area (Å²) in [6.07, 6.45) is 1.04. The fraction of sp³-hybridized carbons (Fsp3) is 0. The quantitative estimate of drug-likeness (QED) is 0.310. The molecule has 24 heavy (non-hydrogen) atoms. The zero-order valence-corrected chi connectivity index (χ0v) is 12.7. The van der Waals surface area contributed by atoms with Gasteiger partial charge in [-0.3, -0.25) is 10.1 Å². The predicted molar refractivity (Wildman–Crippen MR) is 87.4 cm³/mol. The molecule has 0 saturated heterocycles. The first kappa shape index (κ1) is 15.6. The summed E-state index contributed by atoms with van der Waals surface area (Å²) in [5.74, 6) is -0.376. The molecule has 2 N–H and O–H groups in total. The molecule has 0 saturated carbocycles. The van der Waals surface area contributed by atoms with Crippen LogP contribution in [-0.4, -0.2) is 20.1 Å². The third kappa shape index (κ3) is 2.70. The maximum atomic E-state index is 10.6. The van der Waals surface area contributed by atoms with Crippen LogP contribution in [-0.2, 0) is 0 Å². The Morgan fingerprint density at radius 3 is 2.29 bits per heavy atom. The molecule has 0 amide bonds. The van der Waals surface area contributed by atoms with E-state index in [4.69, 9.17) is 11.6 Å². The van der Waals surface area contributed by atoms with Crippen molar-refractivity contribution in [2.75, 3.05) is 0 Å².